The SMILES string of the molecule is COC(=O)c1cc(Oc2cccc(Cl)c2F)c(F)cc1N. The van der Waals surface area contributed by atoms with E-state index in [1.165, 1.54) is 18.2 Å². The van der Waals surface area contributed by atoms with Gasteiger partial charge in [0.15, 0.2) is 23.1 Å². The quantitative estimate of drug-likeness (QED) is 0.692. The molecular formula is C14H10ClF2NO3. The molecule has 0 atom stereocenters. The van der Waals surface area contributed by atoms with Gasteiger partial charge in [0.2, 0.25) is 0 Å². The third-order valence-electron chi connectivity index (χ3n) is 2.65. The minimum atomic E-state index is -0.848. The first-order valence-electron chi connectivity index (χ1n) is 5.73. The van der Waals surface area contributed by atoms with Gasteiger partial charge < -0.3 is 15.2 Å². The summed E-state index contributed by atoms with van der Waals surface area (Å²) in [6, 6.07) is 5.97. The van der Waals surface area contributed by atoms with Crippen molar-refractivity contribution in [3.05, 3.63) is 52.6 Å². The molecule has 0 amide bonds. The number of nitrogen functional groups attached to an aromatic ring is 1. The molecule has 0 heterocycles. The highest BCUT2D eigenvalue weighted by atomic mass is 35.5. The molecule has 0 saturated heterocycles. The fraction of sp³-hybridized carbons (Fsp3) is 0.0714. The molecule has 7 heteroatoms. The Hall–Kier alpha value is -2.34. The van der Waals surface area contributed by atoms with Crippen molar-refractivity contribution < 1.29 is 23.0 Å². The van der Waals surface area contributed by atoms with E-state index in [4.69, 9.17) is 22.1 Å². The molecule has 0 aliphatic carbocycles. The first-order valence-corrected chi connectivity index (χ1v) is 6.11. The molecule has 2 aromatic rings. The number of hydrogen-bond donors (Lipinski definition) is 1. The predicted molar refractivity (Wildman–Crippen MR) is 73.6 cm³/mol. The fourth-order valence-electron chi connectivity index (χ4n) is 1.62. The zero-order valence-corrected chi connectivity index (χ0v) is 11.6. The van der Waals surface area contributed by atoms with E-state index in [1.807, 2.05) is 0 Å². The lowest BCUT2D eigenvalue weighted by Crippen LogP contribution is -2.07. The van der Waals surface area contributed by atoms with E-state index in [0.717, 1.165) is 19.2 Å². The van der Waals surface area contributed by atoms with Crippen LogP contribution >= 0.6 is 11.6 Å². The van der Waals surface area contributed by atoms with Gasteiger partial charge in [0.05, 0.1) is 17.7 Å². The highest BCUT2D eigenvalue weighted by Gasteiger charge is 2.17. The number of carbonyl (C=O) groups is 1. The molecule has 2 aromatic carbocycles. The molecule has 0 fully saturated rings. The van der Waals surface area contributed by atoms with Crippen LogP contribution in [0.25, 0.3) is 0 Å². The van der Waals surface area contributed by atoms with E-state index in [1.54, 1.807) is 0 Å². The molecule has 2 N–H and O–H groups in total. The Morgan fingerprint density at radius 2 is 1.95 bits per heavy atom. The lowest BCUT2D eigenvalue weighted by molar-refractivity contribution is 0.0601. The maximum atomic E-state index is 13.8. The van der Waals surface area contributed by atoms with Gasteiger partial charge in [-0.2, -0.15) is 0 Å². The summed E-state index contributed by atoms with van der Waals surface area (Å²) in [6.45, 7) is 0. The van der Waals surface area contributed by atoms with E-state index in [9.17, 15) is 13.6 Å². The van der Waals surface area contributed by atoms with Gasteiger partial charge in [-0.25, -0.2) is 13.6 Å². The zero-order chi connectivity index (χ0) is 15.6. The number of methoxy groups -OCH3 is 1. The number of nitrogens with two attached hydrogens (primary N) is 1. The molecule has 0 unspecified atom stereocenters. The van der Waals surface area contributed by atoms with E-state index in [0.29, 0.717) is 0 Å². The number of rotatable bonds is 3. The van der Waals surface area contributed by atoms with E-state index < -0.39 is 17.6 Å². The number of ether oxygens (including phenoxy) is 2. The zero-order valence-electron chi connectivity index (χ0n) is 10.8. The van der Waals surface area contributed by atoms with Crippen molar-refractivity contribution in [2.24, 2.45) is 0 Å². The Kier molecular flexibility index (Phi) is 4.28. The van der Waals surface area contributed by atoms with Crippen LogP contribution in [0.3, 0.4) is 0 Å². The molecule has 0 saturated carbocycles. The first-order chi connectivity index (χ1) is 9.93. The third-order valence-corrected chi connectivity index (χ3v) is 2.94. The minimum Gasteiger partial charge on any atom is -0.465 e. The van der Waals surface area contributed by atoms with E-state index in [-0.39, 0.29) is 27.8 Å². The van der Waals surface area contributed by atoms with Gasteiger partial charge in [-0.05, 0) is 12.1 Å². The number of anilines is 1. The van der Waals surface area contributed by atoms with Gasteiger partial charge in [0.1, 0.15) is 0 Å². The molecular weight excluding hydrogens is 304 g/mol. The Labute approximate surface area is 124 Å². The normalized spacial score (nSPS) is 10.3. The van der Waals surface area contributed by atoms with Gasteiger partial charge in [0.25, 0.3) is 0 Å². The van der Waals surface area contributed by atoms with Crippen molar-refractivity contribution in [2.75, 3.05) is 12.8 Å². The second-order valence-electron chi connectivity index (χ2n) is 4.02. The van der Waals surface area contributed by atoms with Crippen LogP contribution < -0.4 is 10.5 Å². The van der Waals surface area contributed by atoms with Gasteiger partial charge in [-0.1, -0.05) is 17.7 Å². The molecule has 0 aliphatic rings. The third kappa shape index (κ3) is 3.05. The summed E-state index contributed by atoms with van der Waals surface area (Å²) in [5.74, 6) is -3.09. The average molecular weight is 314 g/mol. The Bertz CT molecular complexity index is 707. The number of carbonyl (C=O) groups excluding carboxylic acids is 1. The van der Waals surface area contributed by atoms with Crippen LogP contribution in [0.15, 0.2) is 30.3 Å². The summed E-state index contributed by atoms with van der Waals surface area (Å²) in [4.78, 5) is 11.5. The van der Waals surface area contributed by atoms with Crippen LogP contribution in [0.2, 0.25) is 5.02 Å². The molecule has 0 aromatic heterocycles. The predicted octanol–water partition coefficient (Wildman–Crippen LogP) is 3.78. The van der Waals surface area contributed by atoms with Gasteiger partial charge in [-0.15, -0.1) is 0 Å². The largest absolute Gasteiger partial charge is 0.465 e. The van der Waals surface area contributed by atoms with Crippen molar-refractivity contribution in [2.45, 2.75) is 0 Å². The second-order valence-corrected chi connectivity index (χ2v) is 4.42. The molecule has 4 nitrogen and oxygen atoms in total. The van der Waals surface area contributed by atoms with Gasteiger partial charge in [-0.3, -0.25) is 0 Å². The lowest BCUT2D eigenvalue weighted by atomic mass is 10.1. The fourth-order valence-corrected chi connectivity index (χ4v) is 1.78. The minimum absolute atomic E-state index is 0.0867. The van der Waals surface area contributed by atoms with Crippen LogP contribution in [-0.2, 0) is 4.74 Å². The van der Waals surface area contributed by atoms with E-state index in [2.05, 4.69) is 4.74 Å². The topological polar surface area (TPSA) is 61.5 Å². The van der Waals surface area contributed by atoms with Gasteiger partial charge in [0, 0.05) is 17.8 Å². The summed E-state index contributed by atoms with van der Waals surface area (Å²) in [5, 5.41) is -0.170. The summed E-state index contributed by atoms with van der Waals surface area (Å²) in [6.07, 6.45) is 0. The van der Waals surface area contributed by atoms with Crippen LogP contribution in [0, 0.1) is 11.6 Å². The smallest absolute Gasteiger partial charge is 0.340 e. The van der Waals surface area contributed by atoms with Crippen LogP contribution in [0.1, 0.15) is 10.4 Å². The molecule has 0 bridgehead atoms. The number of benzene rings is 2. The Morgan fingerprint density at radius 1 is 1.24 bits per heavy atom. The molecule has 110 valence electrons. The van der Waals surface area contributed by atoms with Crippen LogP contribution in [-0.4, -0.2) is 13.1 Å². The molecule has 0 radical (unpaired) electrons. The molecule has 2 rings (SSSR count). The summed E-state index contributed by atoms with van der Waals surface area (Å²) < 4.78 is 37.2. The molecule has 0 spiro atoms. The van der Waals surface area contributed by atoms with Crippen molar-refractivity contribution in [1.82, 2.24) is 0 Å². The standard InChI is InChI=1S/C14H10ClF2NO3/c1-20-14(19)7-5-12(9(16)6-10(7)18)21-11-4-2-3-8(15)13(11)17/h2-6H,18H2,1H3. The average Bonchev–Trinajstić information content (AvgIpc) is 2.45. The van der Waals surface area contributed by atoms with Crippen molar-refractivity contribution >= 4 is 23.3 Å². The first kappa shape index (κ1) is 15.1. The second kappa shape index (κ2) is 5.97. The number of halogens is 3. The highest BCUT2D eigenvalue weighted by molar-refractivity contribution is 6.30. The Balaban J connectivity index is 2.44. The van der Waals surface area contributed by atoms with Crippen molar-refractivity contribution in [3.8, 4) is 11.5 Å². The van der Waals surface area contributed by atoms with E-state index >= 15 is 0 Å². The lowest BCUT2D eigenvalue weighted by Gasteiger charge is -2.11. The highest BCUT2D eigenvalue weighted by Crippen LogP contribution is 2.32. The van der Waals surface area contributed by atoms with Gasteiger partial charge >= 0.3 is 5.97 Å². The van der Waals surface area contributed by atoms with Crippen molar-refractivity contribution in [1.29, 1.82) is 0 Å². The molecule has 0 aliphatic heterocycles. The number of hydrogen-bond acceptors (Lipinski definition) is 4. The van der Waals surface area contributed by atoms with Crippen LogP contribution in [0.5, 0.6) is 11.5 Å². The maximum Gasteiger partial charge on any atom is 0.340 e. The maximum absolute atomic E-state index is 13.8. The molecule has 21 heavy (non-hydrogen) atoms. The number of esters is 1. The summed E-state index contributed by atoms with van der Waals surface area (Å²) in [7, 11) is 1.16. The Morgan fingerprint density at radius 3 is 2.62 bits per heavy atom. The summed E-state index contributed by atoms with van der Waals surface area (Å²) in [5.41, 5.74) is 5.32. The monoisotopic (exact) mass is 313 g/mol. The van der Waals surface area contributed by atoms with Crippen LogP contribution in [0.4, 0.5) is 14.5 Å². The van der Waals surface area contributed by atoms with Crippen molar-refractivity contribution in [3.63, 3.8) is 0 Å². The summed E-state index contributed by atoms with van der Waals surface area (Å²) >= 11 is 5.61.